The molecule has 2 aromatic rings. The number of piperidine rings is 1. The van der Waals surface area contributed by atoms with E-state index in [0.29, 0.717) is 18.0 Å². The van der Waals surface area contributed by atoms with Crippen LogP contribution in [0.3, 0.4) is 0 Å². The minimum atomic E-state index is -0.616. The monoisotopic (exact) mass is 341 g/mol. The fourth-order valence-corrected chi connectivity index (χ4v) is 3.32. The predicted octanol–water partition coefficient (Wildman–Crippen LogP) is 2.73. The molecule has 1 fully saturated rings. The summed E-state index contributed by atoms with van der Waals surface area (Å²) in [7, 11) is 3.52. The number of carbonyl (C=O) groups is 2. The zero-order valence-corrected chi connectivity index (χ0v) is 14.6. The number of aryl methyl sites for hydroxylation is 1. The molecule has 1 atom stereocenters. The Labute approximate surface area is 147 Å². The van der Waals surface area contributed by atoms with E-state index >= 15 is 0 Å². The van der Waals surface area contributed by atoms with Crippen LogP contribution in [0.1, 0.15) is 31.0 Å². The number of rotatable bonds is 3. The molecule has 1 N–H and O–H groups in total. The first-order chi connectivity index (χ1) is 12.1. The van der Waals surface area contributed by atoms with Crippen LogP contribution in [-0.4, -0.2) is 34.9 Å². The largest absolute Gasteiger partial charge is 0.497 e. The molecular weight excluding hydrogens is 318 g/mol. The van der Waals surface area contributed by atoms with Crippen LogP contribution in [0.5, 0.6) is 5.75 Å². The number of ether oxygens (including phenoxy) is 1. The highest BCUT2D eigenvalue weighted by molar-refractivity contribution is 6.39. The molecule has 1 aliphatic heterocycles. The second-order valence-electron chi connectivity index (χ2n) is 6.24. The van der Waals surface area contributed by atoms with Crippen molar-refractivity contribution in [3.05, 3.63) is 48.3 Å². The van der Waals surface area contributed by atoms with Crippen LogP contribution in [-0.2, 0) is 16.6 Å². The van der Waals surface area contributed by atoms with Gasteiger partial charge in [-0.05, 0) is 43.5 Å². The first-order valence-electron chi connectivity index (χ1n) is 8.47. The standard InChI is InChI=1S/C19H23N3O3/c1-21-11-6-10-16(21)17-9-3-4-12-22(17)19(24)18(23)20-14-7-5-8-15(13-14)25-2/h5-8,10-11,13,17H,3-4,9,12H2,1-2H3,(H,20,23). The molecule has 0 saturated carbocycles. The van der Waals surface area contributed by atoms with Gasteiger partial charge in [0.1, 0.15) is 5.75 Å². The Bertz CT molecular complexity index is 769. The highest BCUT2D eigenvalue weighted by atomic mass is 16.5. The Balaban J connectivity index is 1.75. The van der Waals surface area contributed by atoms with Crippen LogP contribution in [0.25, 0.3) is 0 Å². The summed E-state index contributed by atoms with van der Waals surface area (Å²) in [5.41, 5.74) is 1.60. The average molecular weight is 341 g/mol. The average Bonchev–Trinajstić information content (AvgIpc) is 3.07. The molecule has 1 aromatic heterocycles. The lowest BCUT2D eigenvalue weighted by molar-refractivity contribution is -0.146. The highest BCUT2D eigenvalue weighted by Crippen LogP contribution is 2.31. The minimum absolute atomic E-state index is 0.0580. The van der Waals surface area contributed by atoms with Crippen LogP contribution in [0.2, 0.25) is 0 Å². The van der Waals surface area contributed by atoms with E-state index in [2.05, 4.69) is 5.32 Å². The maximum absolute atomic E-state index is 12.7. The lowest BCUT2D eigenvalue weighted by atomic mass is 9.99. The van der Waals surface area contributed by atoms with Gasteiger partial charge in [-0.25, -0.2) is 0 Å². The Morgan fingerprint density at radius 1 is 1.20 bits per heavy atom. The van der Waals surface area contributed by atoms with Gasteiger partial charge in [0.15, 0.2) is 0 Å². The number of nitrogens with zero attached hydrogens (tertiary/aromatic N) is 2. The molecule has 1 aliphatic rings. The molecule has 1 unspecified atom stereocenters. The molecule has 0 aliphatic carbocycles. The number of nitrogens with one attached hydrogen (secondary N) is 1. The maximum Gasteiger partial charge on any atom is 0.313 e. The fourth-order valence-electron chi connectivity index (χ4n) is 3.32. The summed E-state index contributed by atoms with van der Waals surface area (Å²) in [5, 5.41) is 2.68. The van der Waals surface area contributed by atoms with Crippen molar-refractivity contribution >= 4 is 17.5 Å². The Kier molecular flexibility index (Phi) is 5.07. The van der Waals surface area contributed by atoms with E-state index in [1.807, 2.05) is 29.9 Å². The summed E-state index contributed by atoms with van der Waals surface area (Å²) >= 11 is 0. The molecule has 2 amide bonds. The fraction of sp³-hybridized carbons (Fsp3) is 0.368. The summed E-state index contributed by atoms with van der Waals surface area (Å²) in [5.74, 6) is -0.479. The molecule has 0 spiro atoms. The topological polar surface area (TPSA) is 63.6 Å². The molecular formula is C19H23N3O3. The molecule has 3 rings (SSSR count). The Morgan fingerprint density at radius 2 is 2.04 bits per heavy atom. The second kappa shape index (κ2) is 7.42. The third-order valence-corrected chi connectivity index (χ3v) is 4.61. The maximum atomic E-state index is 12.7. The zero-order valence-electron chi connectivity index (χ0n) is 14.6. The van der Waals surface area contributed by atoms with Crippen LogP contribution < -0.4 is 10.1 Å². The minimum Gasteiger partial charge on any atom is -0.497 e. The summed E-state index contributed by atoms with van der Waals surface area (Å²) in [6.45, 7) is 0.597. The number of benzene rings is 1. The quantitative estimate of drug-likeness (QED) is 0.873. The van der Waals surface area contributed by atoms with Crippen LogP contribution in [0.4, 0.5) is 5.69 Å². The number of aromatic nitrogens is 1. The first kappa shape index (κ1) is 17.1. The van der Waals surface area contributed by atoms with Crippen molar-refractivity contribution in [3.63, 3.8) is 0 Å². The predicted molar refractivity (Wildman–Crippen MR) is 95.3 cm³/mol. The van der Waals surface area contributed by atoms with Gasteiger partial charge in [0.05, 0.1) is 13.2 Å². The van der Waals surface area contributed by atoms with Gasteiger partial charge in [-0.1, -0.05) is 6.07 Å². The van der Waals surface area contributed by atoms with Crippen molar-refractivity contribution < 1.29 is 14.3 Å². The SMILES string of the molecule is COc1cccc(NC(=O)C(=O)N2CCCCC2c2cccn2C)c1. The van der Waals surface area contributed by atoms with E-state index in [1.165, 1.54) is 0 Å². The molecule has 0 bridgehead atoms. The summed E-state index contributed by atoms with van der Waals surface area (Å²) in [6, 6.07) is 10.9. The van der Waals surface area contributed by atoms with Crippen molar-refractivity contribution in [2.24, 2.45) is 7.05 Å². The third-order valence-electron chi connectivity index (χ3n) is 4.61. The van der Waals surface area contributed by atoms with Gasteiger partial charge in [-0.3, -0.25) is 9.59 Å². The first-order valence-corrected chi connectivity index (χ1v) is 8.47. The van der Waals surface area contributed by atoms with Crippen LogP contribution in [0, 0.1) is 0 Å². The van der Waals surface area contributed by atoms with Crippen molar-refractivity contribution in [3.8, 4) is 5.75 Å². The Morgan fingerprint density at radius 3 is 2.76 bits per heavy atom. The van der Waals surface area contributed by atoms with E-state index in [4.69, 9.17) is 4.74 Å². The van der Waals surface area contributed by atoms with Gasteiger partial charge < -0.3 is 19.5 Å². The Hall–Kier alpha value is -2.76. The van der Waals surface area contributed by atoms with Gasteiger partial charge in [-0.15, -0.1) is 0 Å². The normalized spacial score (nSPS) is 17.2. The van der Waals surface area contributed by atoms with E-state index in [0.717, 1.165) is 25.0 Å². The number of amides is 2. The third kappa shape index (κ3) is 3.68. The molecule has 25 heavy (non-hydrogen) atoms. The van der Waals surface area contributed by atoms with E-state index in [1.54, 1.807) is 36.3 Å². The van der Waals surface area contributed by atoms with Crippen LogP contribution >= 0.6 is 0 Å². The molecule has 1 saturated heterocycles. The zero-order chi connectivity index (χ0) is 17.8. The van der Waals surface area contributed by atoms with E-state index in [9.17, 15) is 9.59 Å². The lowest BCUT2D eigenvalue weighted by Gasteiger charge is -2.35. The number of methoxy groups -OCH3 is 1. The number of hydrogen-bond acceptors (Lipinski definition) is 3. The summed E-state index contributed by atoms with van der Waals surface area (Å²) in [6.07, 6.45) is 4.80. The summed E-state index contributed by atoms with van der Waals surface area (Å²) < 4.78 is 7.15. The second-order valence-corrected chi connectivity index (χ2v) is 6.24. The molecule has 1 aromatic carbocycles. The molecule has 0 radical (unpaired) electrons. The van der Waals surface area contributed by atoms with Crippen molar-refractivity contribution in [2.45, 2.75) is 25.3 Å². The van der Waals surface area contributed by atoms with Crippen molar-refractivity contribution in [1.82, 2.24) is 9.47 Å². The number of carbonyl (C=O) groups excluding carboxylic acids is 2. The van der Waals surface area contributed by atoms with Gasteiger partial charge >= 0.3 is 11.8 Å². The number of likely N-dealkylation sites (tertiary alicyclic amines) is 1. The van der Waals surface area contributed by atoms with Crippen LogP contribution in [0.15, 0.2) is 42.6 Å². The molecule has 132 valence electrons. The molecule has 6 nitrogen and oxygen atoms in total. The smallest absolute Gasteiger partial charge is 0.313 e. The van der Waals surface area contributed by atoms with Gasteiger partial charge in [-0.2, -0.15) is 0 Å². The van der Waals surface area contributed by atoms with Gasteiger partial charge in [0, 0.05) is 37.2 Å². The van der Waals surface area contributed by atoms with Crippen molar-refractivity contribution in [2.75, 3.05) is 19.0 Å². The van der Waals surface area contributed by atoms with Crippen molar-refractivity contribution in [1.29, 1.82) is 0 Å². The van der Waals surface area contributed by atoms with Gasteiger partial charge in [0.25, 0.3) is 0 Å². The van der Waals surface area contributed by atoms with E-state index in [-0.39, 0.29) is 6.04 Å². The molecule has 6 heteroatoms. The summed E-state index contributed by atoms with van der Waals surface area (Å²) in [4.78, 5) is 26.9. The van der Waals surface area contributed by atoms with Gasteiger partial charge in [0.2, 0.25) is 0 Å². The molecule has 2 heterocycles. The number of anilines is 1. The van der Waals surface area contributed by atoms with E-state index < -0.39 is 11.8 Å². The lowest BCUT2D eigenvalue weighted by Crippen LogP contribution is -2.44. The highest BCUT2D eigenvalue weighted by Gasteiger charge is 2.32. The number of hydrogen-bond donors (Lipinski definition) is 1.